The van der Waals surface area contributed by atoms with Crippen molar-refractivity contribution in [2.75, 3.05) is 13.6 Å². The summed E-state index contributed by atoms with van der Waals surface area (Å²) in [5.74, 6) is -1.01. The summed E-state index contributed by atoms with van der Waals surface area (Å²) in [6.45, 7) is 0.623. The Balaban J connectivity index is 2.67. The van der Waals surface area contributed by atoms with Gasteiger partial charge in [0.15, 0.2) is 0 Å². The van der Waals surface area contributed by atoms with Crippen LogP contribution in [0.15, 0.2) is 30.3 Å². The molecule has 5 nitrogen and oxygen atoms in total. The van der Waals surface area contributed by atoms with E-state index in [9.17, 15) is 15.0 Å². The molecule has 0 aliphatic rings. The zero-order valence-corrected chi connectivity index (χ0v) is 10.8. The number of aliphatic hydroxyl groups is 2. The second kappa shape index (κ2) is 7.68. The largest absolute Gasteiger partial charge is 0.478 e. The van der Waals surface area contributed by atoms with Gasteiger partial charge in [-0.25, -0.2) is 4.79 Å². The average Bonchev–Trinajstić information content (AvgIpc) is 2.42. The Morgan fingerprint density at radius 2 is 1.95 bits per heavy atom. The van der Waals surface area contributed by atoms with E-state index in [-0.39, 0.29) is 0 Å². The number of carbonyl (C=O) groups is 1. The number of hydrogen-bond donors (Lipinski definition) is 4. The quantitative estimate of drug-likeness (QED) is 0.547. The van der Waals surface area contributed by atoms with Crippen molar-refractivity contribution in [2.45, 2.75) is 18.6 Å². The molecule has 0 bridgehead atoms. The summed E-state index contributed by atoms with van der Waals surface area (Å²) in [6, 6.07) is 6.75. The third-order valence-electron chi connectivity index (χ3n) is 2.75. The molecule has 0 saturated heterocycles. The summed E-state index contributed by atoms with van der Waals surface area (Å²) >= 11 is 0. The first-order chi connectivity index (χ1) is 9.04. The van der Waals surface area contributed by atoms with Crippen LogP contribution in [0.25, 0.3) is 6.08 Å². The molecular weight excluding hydrogens is 246 g/mol. The molecule has 1 aromatic rings. The summed E-state index contributed by atoms with van der Waals surface area (Å²) in [4.78, 5) is 10.4. The van der Waals surface area contributed by atoms with Crippen LogP contribution in [0.2, 0.25) is 0 Å². The van der Waals surface area contributed by atoms with E-state index in [1.807, 2.05) is 0 Å². The molecule has 0 aromatic heterocycles. The molecule has 0 aliphatic carbocycles. The zero-order chi connectivity index (χ0) is 14.3. The number of carboxylic acids is 1. The monoisotopic (exact) mass is 265 g/mol. The Morgan fingerprint density at radius 1 is 1.32 bits per heavy atom. The highest BCUT2D eigenvalue weighted by Crippen LogP contribution is 2.19. The highest BCUT2D eigenvalue weighted by molar-refractivity contribution is 5.85. The van der Waals surface area contributed by atoms with Gasteiger partial charge in [-0.3, -0.25) is 0 Å². The third kappa shape index (κ3) is 5.21. The Hall–Kier alpha value is -1.69. The van der Waals surface area contributed by atoms with E-state index < -0.39 is 18.2 Å². The molecule has 19 heavy (non-hydrogen) atoms. The fourth-order valence-corrected chi connectivity index (χ4v) is 1.64. The van der Waals surface area contributed by atoms with E-state index in [1.54, 1.807) is 31.3 Å². The molecule has 4 N–H and O–H groups in total. The first kappa shape index (κ1) is 15.4. The Morgan fingerprint density at radius 3 is 2.47 bits per heavy atom. The lowest BCUT2D eigenvalue weighted by atomic mass is 10.0. The summed E-state index contributed by atoms with van der Waals surface area (Å²) in [5.41, 5.74) is 1.33. The lowest BCUT2D eigenvalue weighted by molar-refractivity contribution is -0.131. The summed E-state index contributed by atoms with van der Waals surface area (Å²) in [5, 5.41) is 31.1. The Labute approximate surface area is 112 Å². The second-order valence-corrected chi connectivity index (χ2v) is 4.24. The summed E-state index contributed by atoms with van der Waals surface area (Å²) in [6.07, 6.45) is 1.21. The van der Waals surface area contributed by atoms with Gasteiger partial charge in [0.1, 0.15) is 6.10 Å². The van der Waals surface area contributed by atoms with Gasteiger partial charge < -0.3 is 20.6 Å². The summed E-state index contributed by atoms with van der Waals surface area (Å²) < 4.78 is 0. The van der Waals surface area contributed by atoms with Gasteiger partial charge in [0.25, 0.3) is 0 Å². The molecule has 2 atom stereocenters. The smallest absolute Gasteiger partial charge is 0.328 e. The molecule has 0 amide bonds. The van der Waals surface area contributed by atoms with Crippen molar-refractivity contribution in [2.24, 2.45) is 0 Å². The van der Waals surface area contributed by atoms with Gasteiger partial charge in [0.05, 0.1) is 6.10 Å². The van der Waals surface area contributed by atoms with Crippen LogP contribution in [0.1, 0.15) is 23.7 Å². The molecule has 0 radical (unpaired) electrons. The van der Waals surface area contributed by atoms with E-state index >= 15 is 0 Å². The molecule has 0 fully saturated rings. The van der Waals surface area contributed by atoms with Gasteiger partial charge in [-0.05, 0) is 37.2 Å². The predicted molar refractivity (Wildman–Crippen MR) is 72.6 cm³/mol. The van der Waals surface area contributed by atoms with Crippen LogP contribution in [-0.4, -0.2) is 41.0 Å². The lowest BCUT2D eigenvalue weighted by Gasteiger charge is -2.18. The van der Waals surface area contributed by atoms with E-state index in [0.717, 1.165) is 11.6 Å². The molecule has 5 heteroatoms. The van der Waals surface area contributed by atoms with E-state index in [0.29, 0.717) is 18.5 Å². The molecule has 0 spiro atoms. The van der Waals surface area contributed by atoms with Crippen LogP contribution in [0.4, 0.5) is 0 Å². The maximum absolute atomic E-state index is 10.4. The first-order valence-corrected chi connectivity index (χ1v) is 6.06. The van der Waals surface area contributed by atoms with Crippen LogP contribution in [0.5, 0.6) is 0 Å². The first-order valence-electron chi connectivity index (χ1n) is 6.06. The van der Waals surface area contributed by atoms with E-state index in [1.165, 1.54) is 6.08 Å². The minimum atomic E-state index is -1.01. The van der Waals surface area contributed by atoms with Crippen LogP contribution in [-0.2, 0) is 4.79 Å². The van der Waals surface area contributed by atoms with Gasteiger partial charge in [-0.2, -0.15) is 0 Å². The van der Waals surface area contributed by atoms with Crippen molar-refractivity contribution in [1.29, 1.82) is 0 Å². The highest BCUT2D eigenvalue weighted by atomic mass is 16.4. The van der Waals surface area contributed by atoms with Crippen LogP contribution in [0, 0.1) is 0 Å². The molecular formula is C14H19NO4. The Kier molecular flexibility index (Phi) is 6.21. The number of aliphatic hydroxyl groups excluding tert-OH is 2. The molecule has 0 saturated carbocycles. The fourth-order valence-electron chi connectivity index (χ4n) is 1.64. The molecule has 0 aliphatic heterocycles. The molecule has 104 valence electrons. The van der Waals surface area contributed by atoms with Gasteiger partial charge in [-0.1, -0.05) is 24.3 Å². The Bertz CT molecular complexity index is 428. The molecule has 0 heterocycles. The fraction of sp³-hybridized carbons (Fsp3) is 0.357. The van der Waals surface area contributed by atoms with Gasteiger partial charge in [-0.15, -0.1) is 0 Å². The van der Waals surface area contributed by atoms with Gasteiger partial charge in [0.2, 0.25) is 0 Å². The van der Waals surface area contributed by atoms with E-state index in [4.69, 9.17) is 5.11 Å². The number of carboxylic acid groups (broad SMARTS) is 1. The minimum absolute atomic E-state index is 0.457. The standard InChI is InChI=1S/C14H19NO4/c1-15-9-8-12(16)14(19)11-5-2-10(3-6-11)4-7-13(17)18/h2-7,12,14-16,19H,8-9H2,1H3,(H,17,18)/b7-4+. The number of benzene rings is 1. The van der Waals surface area contributed by atoms with Crippen molar-refractivity contribution >= 4 is 12.0 Å². The number of hydrogen-bond acceptors (Lipinski definition) is 4. The molecule has 1 aromatic carbocycles. The van der Waals surface area contributed by atoms with Crippen LogP contribution in [0.3, 0.4) is 0 Å². The second-order valence-electron chi connectivity index (χ2n) is 4.24. The predicted octanol–water partition coefficient (Wildman–Crippen LogP) is 0.788. The van der Waals surface area contributed by atoms with Crippen LogP contribution >= 0.6 is 0 Å². The maximum Gasteiger partial charge on any atom is 0.328 e. The van der Waals surface area contributed by atoms with Crippen molar-refractivity contribution in [3.63, 3.8) is 0 Å². The molecule has 1 rings (SSSR count). The van der Waals surface area contributed by atoms with Crippen LogP contribution < -0.4 is 5.32 Å². The average molecular weight is 265 g/mol. The van der Waals surface area contributed by atoms with E-state index in [2.05, 4.69) is 5.32 Å². The number of nitrogens with one attached hydrogen (secondary N) is 1. The lowest BCUT2D eigenvalue weighted by Crippen LogP contribution is -2.23. The summed E-state index contributed by atoms with van der Waals surface area (Å²) in [7, 11) is 1.78. The van der Waals surface area contributed by atoms with Crippen molar-refractivity contribution < 1.29 is 20.1 Å². The molecule has 2 unspecified atom stereocenters. The van der Waals surface area contributed by atoms with Gasteiger partial charge >= 0.3 is 5.97 Å². The topological polar surface area (TPSA) is 89.8 Å². The minimum Gasteiger partial charge on any atom is -0.478 e. The number of aliphatic carboxylic acids is 1. The van der Waals surface area contributed by atoms with Crippen molar-refractivity contribution in [3.8, 4) is 0 Å². The maximum atomic E-state index is 10.4. The zero-order valence-electron chi connectivity index (χ0n) is 10.8. The van der Waals surface area contributed by atoms with Gasteiger partial charge in [0, 0.05) is 6.08 Å². The SMILES string of the molecule is CNCCC(O)C(O)c1ccc(/C=C/C(=O)O)cc1. The third-order valence-corrected chi connectivity index (χ3v) is 2.75. The number of rotatable bonds is 7. The van der Waals surface area contributed by atoms with Crippen molar-refractivity contribution in [3.05, 3.63) is 41.5 Å². The van der Waals surface area contributed by atoms with Crippen molar-refractivity contribution in [1.82, 2.24) is 5.32 Å². The normalized spacial score (nSPS) is 14.5. The highest BCUT2D eigenvalue weighted by Gasteiger charge is 2.17.